The van der Waals surface area contributed by atoms with Gasteiger partial charge in [0.15, 0.2) is 5.71 Å². The van der Waals surface area contributed by atoms with Crippen molar-refractivity contribution in [3.63, 3.8) is 0 Å². The van der Waals surface area contributed by atoms with Crippen LogP contribution in [0.1, 0.15) is 96.3 Å². The lowest BCUT2D eigenvalue weighted by Crippen LogP contribution is -2.30. The zero-order valence-corrected chi connectivity index (χ0v) is 42.1. The van der Waals surface area contributed by atoms with Gasteiger partial charge in [-0.3, -0.25) is 23.0 Å². The van der Waals surface area contributed by atoms with E-state index in [9.17, 15) is 56.7 Å². The molecule has 4 N–H and O–H groups in total. The van der Waals surface area contributed by atoms with E-state index in [1.165, 1.54) is 30.3 Å². The first-order valence-corrected chi connectivity index (χ1v) is 28.3. The minimum absolute atomic E-state index is 0.0187. The van der Waals surface area contributed by atoms with Gasteiger partial charge in [-0.25, -0.2) is 0 Å². The number of hydrogen-bond acceptors (Lipinski definition) is 11. The second-order valence-corrected chi connectivity index (χ2v) is 24.4. The molecule has 0 bridgehead atoms. The summed E-state index contributed by atoms with van der Waals surface area (Å²) in [5.41, 5.74) is 3.24. The van der Waals surface area contributed by atoms with Crippen LogP contribution < -0.4 is 4.90 Å². The maximum absolute atomic E-state index is 12.4. The normalized spacial score (nSPS) is 18.3. The molecule has 0 amide bonds. The summed E-state index contributed by atoms with van der Waals surface area (Å²) in [6.07, 6.45) is 11.3. The molecule has 1 unspecified atom stereocenters. The molecule has 20 heteroatoms. The summed E-state index contributed by atoms with van der Waals surface area (Å²) in [5.74, 6) is -1.40. The number of benzene rings is 4. The first kappa shape index (κ1) is 52.6. The summed E-state index contributed by atoms with van der Waals surface area (Å²) < 4.78 is 144. The maximum atomic E-state index is 12.4. The van der Waals surface area contributed by atoms with Gasteiger partial charge in [-0.1, -0.05) is 30.4 Å². The number of esters is 1. The van der Waals surface area contributed by atoms with Gasteiger partial charge in [-0.15, -0.1) is 0 Å². The Labute approximate surface area is 399 Å². The molecule has 368 valence electrons. The fraction of sp³-hybridized carbons (Fsp3) is 0.417. The third-order valence-corrected chi connectivity index (χ3v) is 15.9. The van der Waals surface area contributed by atoms with E-state index >= 15 is 0 Å². The number of carbonyl (C=O) groups excluding carboxylic acids is 1. The molecule has 0 fully saturated rings. The molecule has 4 aromatic carbocycles. The fourth-order valence-corrected chi connectivity index (χ4v) is 11.8. The summed E-state index contributed by atoms with van der Waals surface area (Å²) in [7, 11) is -17.9. The quantitative estimate of drug-likeness (QED) is 0.0213. The molecular weight excluding hydrogens is 957 g/mol. The van der Waals surface area contributed by atoms with Gasteiger partial charge in [0.05, 0.1) is 32.8 Å². The second kappa shape index (κ2) is 19.9. The van der Waals surface area contributed by atoms with E-state index in [0.29, 0.717) is 58.1 Å². The average molecular weight is 1020 g/mol. The number of aryl methyl sites for hydroxylation is 1. The Morgan fingerprint density at radius 3 is 2.01 bits per heavy atom. The third-order valence-electron chi connectivity index (χ3n) is 12.6. The number of fused-ring (bicyclic) bond motifs is 6. The van der Waals surface area contributed by atoms with Crippen molar-refractivity contribution < 1.29 is 66.0 Å². The maximum Gasteiger partial charge on any atom is 0.306 e. The Morgan fingerprint density at radius 2 is 1.37 bits per heavy atom. The van der Waals surface area contributed by atoms with Crippen molar-refractivity contribution in [1.82, 2.24) is 0 Å². The molecule has 0 spiro atoms. The number of carbonyl (C=O) groups is 1. The zero-order valence-electron chi connectivity index (χ0n) is 38.8. The predicted octanol–water partition coefficient (Wildman–Crippen LogP) is 8.40. The number of nitrogens with zero attached hydrogens (tertiary/aromatic N) is 2. The first-order chi connectivity index (χ1) is 31.5. The molecule has 0 aliphatic carbocycles. The van der Waals surface area contributed by atoms with Gasteiger partial charge in [0.1, 0.15) is 6.54 Å². The van der Waals surface area contributed by atoms with E-state index in [-0.39, 0.29) is 54.1 Å². The van der Waals surface area contributed by atoms with E-state index in [4.69, 9.17) is 4.74 Å². The van der Waals surface area contributed by atoms with Crippen LogP contribution in [0.2, 0.25) is 0 Å². The number of hydrogen-bond donors (Lipinski definition) is 4. The van der Waals surface area contributed by atoms with E-state index in [2.05, 4.69) is 4.58 Å². The Kier molecular flexibility index (Phi) is 15.4. The van der Waals surface area contributed by atoms with Crippen molar-refractivity contribution in [2.45, 2.75) is 113 Å². The Balaban J connectivity index is 1.44. The van der Waals surface area contributed by atoms with Crippen molar-refractivity contribution in [2.75, 3.05) is 29.5 Å². The number of ether oxygens (including phenoxy) is 1. The minimum Gasteiger partial charge on any atom is -0.463 e. The SMILES string of the molecule is Cc1cc(S(=O)(=O)O)cc2c3c(ccc12)[N+](CCCCCC(=O)OC(C)C)=C(C=CC=CC=C1N(CCCS(=O)(=O)O)c2ccc4ccc(S(=O)(=O)O)cc4c2C1(C)CCCS(=O)(=O)O)C3(C)C. The summed E-state index contributed by atoms with van der Waals surface area (Å²) in [5, 5.41) is 2.55. The van der Waals surface area contributed by atoms with Crippen LogP contribution in [-0.2, 0) is 60.8 Å². The minimum atomic E-state index is -4.65. The van der Waals surface area contributed by atoms with Crippen molar-refractivity contribution in [1.29, 1.82) is 0 Å². The van der Waals surface area contributed by atoms with Gasteiger partial charge < -0.3 is 9.64 Å². The zero-order chi connectivity index (χ0) is 50.2. The fourth-order valence-electron chi connectivity index (χ4n) is 9.73. The van der Waals surface area contributed by atoms with Crippen molar-refractivity contribution in [2.24, 2.45) is 0 Å². The highest BCUT2D eigenvalue weighted by atomic mass is 32.2. The van der Waals surface area contributed by atoms with Gasteiger partial charge in [-0.05, 0) is 149 Å². The van der Waals surface area contributed by atoms with Crippen LogP contribution >= 0.6 is 0 Å². The summed E-state index contributed by atoms with van der Waals surface area (Å²) in [6, 6.07) is 14.5. The lowest BCUT2D eigenvalue weighted by atomic mass is 9.76. The summed E-state index contributed by atoms with van der Waals surface area (Å²) in [4.78, 5) is 13.5. The molecule has 1 atom stereocenters. The molecule has 6 rings (SSSR count). The number of unbranched alkanes of at least 4 members (excludes halogenated alkanes) is 2. The molecule has 0 saturated carbocycles. The molecule has 0 radical (unpaired) electrons. The molecule has 16 nitrogen and oxygen atoms in total. The molecule has 0 saturated heterocycles. The van der Waals surface area contributed by atoms with Crippen LogP contribution in [-0.4, -0.2) is 98.8 Å². The van der Waals surface area contributed by atoms with Gasteiger partial charge in [-0.2, -0.15) is 38.2 Å². The molecule has 4 aromatic rings. The van der Waals surface area contributed by atoms with Crippen LogP contribution in [0, 0.1) is 6.92 Å². The smallest absolute Gasteiger partial charge is 0.306 e. The van der Waals surface area contributed by atoms with Gasteiger partial charge in [0, 0.05) is 53.9 Å². The molecular formula is C48H59N2O14S4+. The van der Waals surface area contributed by atoms with Gasteiger partial charge >= 0.3 is 5.97 Å². The molecule has 2 heterocycles. The Bertz CT molecular complexity index is 3250. The number of rotatable bonds is 20. The van der Waals surface area contributed by atoms with Gasteiger partial charge in [0.2, 0.25) is 5.69 Å². The van der Waals surface area contributed by atoms with Crippen molar-refractivity contribution in [3.8, 4) is 0 Å². The topological polar surface area (TPSA) is 250 Å². The van der Waals surface area contributed by atoms with E-state index < -0.39 is 62.8 Å². The first-order valence-electron chi connectivity index (χ1n) is 22.2. The van der Waals surface area contributed by atoms with Crippen LogP contribution in [0.3, 0.4) is 0 Å². The number of anilines is 1. The van der Waals surface area contributed by atoms with E-state index in [1.54, 1.807) is 51.1 Å². The van der Waals surface area contributed by atoms with E-state index in [1.807, 2.05) is 50.0 Å². The van der Waals surface area contributed by atoms with E-state index in [0.717, 1.165) is 28.8 Å². The second-order valence-electron chi connectivity index (χ2n) is 18.4. The Hall–Kier alpha value is -4.80. The lowest BCUT2D eigenvalue weighted by Gasteiger charge is -2.31. The van der Waals surface area contributed by atoms with Gasteiger partial charge in [0.25, 0.3) is 40.5 Å². The molecule has 0 aromatic heterocycles. The monoisotopic (exact) mass is 1020 g/mol. The highest BCUT2D eigenvalue weighted by Gasteiger charge is 2.46. The van der Waals surface area contributed by atoms with Crippen LogP contribution in [0.25, 0.3) is 21.5 Å². The Morgan fingerprint density at radius 1 is 0.721 bits per heavy atom. The largest absolute Gasteiger partial charge is 0.463 e. The average Bonchev–Trinajstić information content (AvgIpc) is 3.57. The summed E-state index contributed by atoms with van der Waals surface area (Å²) >= 11 is 0. The van der Waals surface area contributed by atoms with Crippen LogP contribution in [0.4, 0.5) is 11.4 Å². The number of allylic oxidation sites excluding steroid dienone is 6. The van der Waals surface area contributed by atoms with Crippen LogP contribution in [0.15, 0.2) is 100 Å². The highest BCUT2D eigenvalue weighted by Crippen LogP contribution is 2.54. The van der Waals surface area contributed by atoms with Crippen molar-refractivity contribution >= 4 is 85.1 Å². The van der Waals surface area contributed by atoms with Crippen LogP contribution in [0.5, 0.6) is 0 Å². The molecule has 2 aliphatic heterocycles. The molecule has 68 heavy (non-hydrogen) atoms. The lowest BCUT2D eigenvalue weighted by molar-refractivity contribution is -0.438. The predicted molar refractivity (Wildman–Crippen MR) is 263 cm³/mol. The summed E-state index contributed by atoms with van der Waals surface area (Å²) in [6.45, 7) is 11.9. The third kappa shape index (κ3) is 11.8. The highest BCUT2D eigenvalue weighted by molar-refractivity contribution is 7.86. The standard InChI is InChI=1S/C48H58N2O14S4/c1-32(2)64-44(51)17-11-8-12-25-49-40-23-21-37-33(3)29-36(68(61,62)63)31-39(37)45(40)47(4,5)42(49)15-9-7-10-16-43-48(6,24-13-27-65(52,53)54)46-38-30-35(67(58,59)60)20-18-34(38)19-22-41(46)50(43)26-14-28-66(55,56)57/h7,9-10,15-16,18-23,29-32H,8,11-14,17,24-28H2,1-6H3,(H3-,52,53,54,55,56,57,58,59,60,61,62,63)/p+1. The van der Waals surface area contributed by atoms with Crippen molar-refractivity contribution in [3.05, 3.63) is 107 Å². The molecule has 2 aliphatic rings.